The van der Waals surface area contributed by atoms with E-state index in [0.29, 0.717) is 18.4 Å². The second kappa shape index (κ2) is 6.12. The lowest BCUT2D eigenvalue weighted by molar-refractivity contribution is 0.168. The Morgan fingerprint density at radius 1 is 1.05 bits per heavy atom. The largest absolute Gasteiger partial charge is 0.388 e. The van der Waals surface area contributed by atoms with Crippen molar-refractivity contribution in [2.75, 3.05) is 0 Å². The molecule has 0 bridgehead atoms. The maximum atomic E-state index is 12.8. The van der Waals surface area contributed by atoms with E-state index in [1.54, 1.807) is 24.3 Å². The van der Waals surface area contributed by atoms with Crippen LogP contribution in [-0.2, 0) is 6.42 Å². The van der Waals surface area contributed by atoms with Crippen molar-refractivity contribution in [1.29, 1.82) is 5.26 Å². The summed E-state index contributed by atoms with van der Waals surface area (Å²) in [5, 5.41) is 18.7. The Balaban J connectivity index is 1.94. The van der Waals surface area contributed by atoms with E-state index in [0.717, 1.165) is 11.1 Å². The molecular formula is C16H14FNO. The maximum Gasteiger partial charge on any atom is 0.123 e. The highest BCUT2D eigenvalue weighted by atomic mass is 19.1. The summed E-state index contributed by atoms with van der Waals surface area (Å²) in [7, 11) is 0. The molecule has 96 valence electrons. The van der Waals surface area contributed by atoms with Gasteiger partial charge < -0.3 is 5.11 Å². The van der Waals surface area contributed by atoms with Crippen molar-refractivity contribution in [2.24, 2.45) is 0 Å². The average molecular weight is 255 g/mol. The topological polar surface area (TPSA) is 44.0 Å². The van der Waals surface area contributed by atoms with Gasteiger partial charge in [-0.3, -0.25) is 0 Å². The lowest BCUT2D eigenvalue weighted by atomic mass is 10.0. The lowest BCUT2D eigenvalue weighted by Gasteiger charge is -2.10. The van der Waals surface area contributed by atoms with E-state index in [1.807, 2.05) is 12.1 Å². The minimum Gasteiger partial charge on any atom is -0.388 e. The van der Waals surface area contributed by atoms with Crippen molar-refractivity contribution in [1.82, 2.24) is 0 Å². The van der Waals surface area contributed by atoms with Crippen molar-refractivity contribution < 1.29 is 9.50 Å². The van der Waals surface area contributed by atoms with Gasteiger partial charge in [-0.25, -0.2) is 4.39 Å². The van der Waals surface area contributed by atoms with E-state index >= 15 is 0 Å². The molecule has 0 aliphatic rings. The van der Waals surface area contributed by atoms with Crippen LogP contribution < -0.4 is 0 Å². The average Bonchev–Trinajstić information content (AvgIpc) is 2.46. The first-order valence-electron chi connectivity index (χ1n) is 6.11. The summed E-state index contributed by atoms with van der Waals surface area (Å²) in [5.41, 5.74) is 2.41. The molecule has 0 aliphatic carbocycles. The number of nitriles is 1. The van der Waals surface area contributed by atoms with Crippen molar-refractivity contribution in [3.8, 4) is 6.07 Å². The van der Waals surface area contributed by atoms with Crippen LogP contribution in [0.1, 0.15) is 29.2 Å². The molecule has 2 nitrogen and oxygen atoms in total. The Labute approximate surface area is 111 Å². The molecule has 1 N–H and O–H groups in total. The minimum atomic E-state index is -0.601. The molecule has 2 rings (SSSR count). The van der Waals surface area contributed by atoms with Gasteiger partial charge in [-0.2, -0.15) is 5.26 Å². The zero-order valence-corrected chi connectivity index (χ0v) is 10.4. The number of halogens is 1. The normalized spacial score (nSPS) is 11.8. The lowest BCUT2D eigenvalue weighted by Crippen LogP contribution is -1.99. The highest BCUT2D eigenvalue weighted by Gasteiger charge is 2.07. The number of rotatable bonds is 4. The van der Waals surface area contributed by atoms with Crippen LogP contribution in [0.3, 0.4) is 0 Å². The molecule has 1 unspecified atom stereocenters. The van der Waals surface area contributed by atoms with Gasteiger partial charge in [0.2, 0.25) is 0 Å². The van der Waals surface area contributed by atoms with Gasteiger partial charge in [0, 0.05) is 0 Å². The summed E-state index contributed by atoms with van der Waals surface area (Å²) >= 11 is 0. The number of aliphatic hydroxyl groups excluding tert-OH is 1. The van der Waals surface area contributed by atoms with E-state index in [1.165, 1.54) is 12.1 Å². The third-order valence-electron chi connectivity index (χ3n) is 3.04. The molecule has 0 aliphatic heterocycles. The number of hydrogen-bond donors (Lipinski definition) is 1. The number of nitrogens with zero attached hydrogens (tertiary/aromatic N) is 1. The highest BCUT2D eigenvalue weighted by Crippen LogP contribution is 2.19. The molecule has 2 aromatic carbocycles. The van der Waals surface area contributed by atoms with Crippen molar-refractivity contribution in [2.45, 2.75) is 18.9 Å². The summed E-state index contributed by atoms with van der Waals surface area (Å²) in [5.74, 6) is -0.303. The van der Waals surface area contributed by atoms with Crippen LogP contribution in [0.15, 0.2) is 48.5 Å². The van der Waals surface area contributed by atoms with E-state index in [2.05, 4.69) is 6.07 Å². The Kier molecular flexibility index (Phi) is 4.27. The summed E-state index contributed by atoms with van der Waals surface area (Å²) in [4.78, 5) is 0. The predicted octanol–water partition coefficient (Wildman–Crippen LogP) is 3.36. The Morgan fingerprint density at radius 2 is 1.68 bits per heavy atom. The zero-order valence-electron chi connectivity index (χ0n) is 10.4. The van der Waals surface area contributed by atoms with E-state index in [4.69, 9.17) is 5.26 Å². The Hall–Kier alpha value is -2.18. The summed E-state index contributed by atoms with van der Waals surface area (Å²) in [6.45, 7) is 0. The SMILES string of the molecule is N#Cc1ccc(CCC(O)c2ccc(F)cc2)cc1. The van der Waals surface area contributed by atoms with Crippen LogP contribution in [0.2, 0.25) is 0 Å². The van der Waals surface area contributed by atoms with Crippen LogP contribution in [0.4, 0.5) is 4.39 Å². The highest BCUT2D eigenvalue weighted by molar-refractivity contribution is 5.31. The molecular weight excluding hydrogens is 241 g/mol. The fourth-order valence-corrected chi connectivity index (χ4v) is 1.90. The van der Waals surface area contributed by atoms with Crippen LogP contribution in [0.5, 0.6) is 0 Å². The van der Waals surface area contributed by atoms with Gasteiger partial charge in [-0.05, 0) is 48.2 Å². The first-order chi connectivity index (χ1) is 9.19. The van der Waals surface area contributed by atoms with Crippen LogP contribution in [0, 0.1) is 17.1 Å². The maximum absolute atomic E-state index is 12.8. The molecule has 0 spiro atoms. The summed E-state index contributed by atoms with van der Waals surface area (Å²) in [6, 6.07) is 15.2. The van der Waals surface area contributed by atoms with E-state index < -0.39 is 6.10 Å². The third kappa shape index (κ3) is 3.64. The van der Waals surface area contributed by atoms with Crippen LogP contribution in [-0.4, -0.2) is 5.11 Å². The molecule has 0 aromatic heterocycles. The molecule has 2 aromatic rings. The molecule has 0 radical (unpaired) electrons. The molecule has 19 heavy (non-hydrogen) atoms. The zero-order chi connectivity index (χ0) is 13.7. The van der Waals surface area contributed by atoms with E-state index in [-0.39, 0.29) is 5.82 Å². The fourth-order valence-electron chi connectivity index (χ4n) is 1.90. The van der Waals surface area contributed by atoms with Crippen molar-refractivity contribution in [3.05, 3.63) is 71.0 Å². The summed E-state index contributed by atoms with van der Waals surface area (Å²) in [6.07, 6.45) is 0.679. The van der Waals surface area contributed by atoms with Crippen molar-refractivity contribution >= 4 is 0 Å². The van der Waals surface area contributed by atoms with Gasteiger partial charge in [0.15, 0.2) is 0 Å². The molecule has 0 fully saturated rings. The minimum absolute atomic E-state index is 0.303. The molecule has 0 heterocycles. The standard InChI is InChI=1S/C16H14FNO/c17-15-8-6-14(7-9-15)16(19)10-5-12-1-3-13(11-18)4-2-12/h1-4,6-9,16,19H,5,10H2. The number of hydrogen-bond acceptors (Lipinski definition) is 2. The monoisotopic (exact) mass is 255 g/mol. The molecule has 1 atom stereocenters. The molecule has 3 heteroatoms. The van der Waals surface area contributed by atoms with Crippen LogP contribution >= 0.6 is 0 Å². The van der Waals surface area contributed by atoms with Gasteiger partial charge in [0.1, 0.15) is 5.82 Å². The summed E-state index contributed by atoms with van der Waals surface area (Å²) < 4.78 is 12.8. The quantitative estimate of drug-likeness (QED) is 0.910. The molecule has 0 saturated heterocycles. The number of aryl methyl sites for hydroxylation is 1. The van der Waals surface area contributed by atoms with Gasteiger partial charge in [-0.1, -0.05) is 24.3 Å². The Bertz CT molecular complexity index is 569. The first-order valence-corrected chi connectivity index (χ1v) is 6.11. The van der Waals surface area contributed by atoms with Crippen LogP contribution in [0.25, 0.3) is 0 Å². The van der Waals surface area contributed by atoms with Gasteiger partial charge in [-0.15, -0.1) is 0 Å². The predicted molar refractivity (Wildman–Crippen MR) is 70.8 cm³/mol. The first kappa shape index (κ1) is 13.3. The third-order valence-corrected chi connectivity index (χ3v) is 3.04. The Morgan fingerprint density at radius 3 is 2.26 bits per heavy atom. The second-order valence-corrected chi connectivity index (χ2v) is 4.41. The second-order valence-electron chi connectivity index (χ2n) is 4.41. The molecule has 0 saturated carbocycles. The van der Waals surface area contributed by atoms with E-state index in [9.17, 15) is 9.50 Å². The fraction of sp³-hybridized carbons (Fsp3) is 0.188. The van der Waals surface area contributed by atoms with Gasteiger partial charge in [0.05, 0.1) is 17.7 Å². The van der Waals surface area contributed by atoms with Crippen molar-refractivity contribution in [3.63, 3.8) is 0 Å². The van der Waals surface area contributed by atoms with Gasteiger partial charge in [0.25, 0.3) is 0 Å². The smallest absolute Gasteiger partial charge is 0.123 e. The number of aliphatic hydroxyl groups is 1. The van der Waals surface area contributed by atoms with Gasteiger partial charge >= 0.3 is 0 Å². The molecule has 0 amide bonds. The number of benzene rings is 2.